The van der Waals surface area contributed by atoms with Gasteiger partial charge in [0, 0.05) is 46.0 Å². The maximum Gasteiger partial charge on any atom is 0.0963 e. The molecule has 0 bridgehead atoms. The van der Waals surface area contributed by atoms with Gasteiger partial charge in [0.25, 0.3) is 0 Å². The van der Waals surface area contributed by atoms with Crippen LogP contribution in [0.1, 0.15) is 13.8 Å². The maximum atomic E-state index is 5.28. The van der Waals surface area contributed by atoms with Gasteiger partial charge in [-0.3, -0.25) is 0 Å². The van der Waals surface area contributed by atoms with Crippen LogP contribution in [-0.4, -0.2) is 59.2 Å². The van der Waals surface area contributed by atoms with E-state index in [-0.39, 0.29) is 0 Å². The van der Waals surface area contributed by atoms with Gasteiger partial charge in [-0.1, -0.05) is 12.2 Å². The molecule has 0 aromatic rings. The summed E-state index contributed by atoms with van der Waals surface area (Å²) in [4.78, 5) is 0. The summed E-state index contributed by atoms with van der Waals surface area (Å²) in [5.41, 5.74) is 0. The van der Waals surface area contributed by atoms with Crippen molar-refractivity contribution in [1.82, 2.24) is 0 Å². The molecule has 0 rings (SSSR count). The second kappa shape index (κ2) is 21.5. The van der Waals surface area contributed by atoms with Crippen LogP contribution in [0.15, 0.2) is 24.7 Å². The second-order valence-corrected chi connectivity index (χ2v) is 9.03. The van der Waals surface area contributed by atoms with Crippen molar-refractivity contribution in [2.45, 2.75) is 13.8 Å². The number of ether oxygens (including phenoxy) is 2. The van der Waals surface area contributed by atoms with Gasteiger partial charge in [0.15, 0.2) is 0 Å². The molecule has 0 atom stereocenters. The highest BCUT2D eigenvalue weighted by Crippen LogP contribution is 2.12. The Morgan fingerprint density at radius 2 is 0.864 bits per heavy atom. The third-order valence-corrected chi connectivity index (χ3v) is 6.91. The lowest BCUT2D eigenvalue weighted by Crippen LogP contribution is -1.96. The molecule has 0 aromatic heterocycles. The van der Waals surface area contributed by atoms with E-state index in [1.807, 2.05) is 49.5 Å². The van der Waals surface area contributed by atoms with Gasteiger partial charge >= 0.3 is 0 Å². The molecule has 0 N–H and O–H groups in total. The van der Waals surface area contributed by atoms with E-state index >= 15 is 0 Å². The minimum atomic E-state index is 0.826. The summed E-state index contributed by atoms with van der Waals surface area (Å²) < 4.78 is 10.6. The van der Waals surface area contributed by atoms with Gasteiger partial charge in [0.05, 0.1) is 25.7 Å². The Labute approximate surface area is 154 Å². The maximum absolute atomic E-state index is 5.28. The van der Waals surface area contributed by atoms with Crippen molar-refractivity contribution in [3.63, 3.8) is 0 Å². The normalized spacial score (nSPS) is 11.5. The van der Waals surface area contributed by atoms with Gasteiger partial charge < -0.3 is 9.47 Å². The quantitative estimate of drug-likeness (QED) is 0.258. The smallest absolute Gasteiger partial charge is 0.0963 e. The van der Waals surface area contributed by atoms with Gasteiger partial charge in [-0.15, -0.1) is 0 Å². The predicted molar refractivity (Wildman–Crippen MR) is 111 cm³/mol. The predicted octanol–water partition coefficient (Wildman–Crippen LogP) is 5.02. The van der Waals surface area contributed by atoms with Crippen molar-refractivity contribution < 1.29 is 9.47 Å². The van der Waals surface area contributed by atoms with Gasteiger partial charge in [-0.2, -0.15) is 47.0 Å². The van der Waals surface area contributed by atoms with Crippen LogP contribution in [0.5, 0.6) is 0 Å². The standard InChI is InChI=1S/C16H30O2S4/c1-3-5-17-7-9-19-11-13-21-15-16-22-14-12-20-10-8-18-6-4-2/h3-6H,7-16H2,1-2H3. The molecule has 0 radical (unpaired) electrons. The molecular weight excluding hydrogens is 352 g/mol. The van der Waals surface area contributed by atoms with Crippen LogP contribution in [-0.2, 0) is 9.47 Å². The molecule has 0 heterocycles. The fraction of sp³-hybridized carbons (Fsp3) is 0.750. The zero-order chi connectivity index (χ0) is 16.1. The first-order valence-corrected chi connectivity index (χ1v) is 12.3. The zero-order valence-electron chi connectivity index (χ0n) is 13.8. The summed E-state index contributed by atoms with van der Waals surface area (Å²) >= 11 is 8.10. The second-order valence-electron chi connectivity index (χ2n) is 4.13. The third kappa shape index (κ3) is 20.5. The monoisotopic (exact) mass is 382 g/mol. The van der Waals surface area contributed by atoms with Crippen molar-refractivity contribution in [3.8, 4) is 0 Å². The van der Waals surface area contributed by atoms with Gasteiger partial charge in [-0.05, 0) is 13.8 Å². The fourth-order valence-corrected chi connectivity index (χ4v) is 5.38. The van der Waals surface area contributed by atoms with Crippen LogP contribution in [0.4, 0.5) is 0 Å². The van der Waals surface area contributed by atoms with Gasteiger partial charge in [0.1, 0.15) is 0 Å². The van der Waals surface area contributed by atoms with Crippen LogP contribution >= 0.6 is 47.0 Å². The molecule has 0 saturated heterocycles. The number of allylic oxidation sites excluding steroid dienone is 2. The highest BCUT2D eigenvalue weighted by Gasteiger charge is 1.94. The Morgan fingerprint density at radius 1 is 0.545 bits per heavy atom. The van der Waals surface area contributed by atoms with E-state index < -0.39 is 0 Å². The highest BCUT2D eigenvalue weighted by atomic mass is 32.2. The minimum Gasteiger partial charge on any atom is -0.501 e. The summed E-state index contributed by atoms with van der Waals surface area (Å²) in [5.74, 6) is 9.71. The summed E-state index contributed by atoms with van der Waals surface area (Å²) in [5, 5.41) is 0. The molecule has 2 nitrogen and oxygen atoms in total. The number of hydrogen-bond acceptors (Lipinski definition) is 6. The molecule has 0 unspecified atom stereocenters. The van der Waals surface area contributed by atoms with E-state index in [0.717, 1.165) is 24.7 Å². The average Bonchev–Trinajstić information content (AvgIpc) is 2.54. The molecule has 0 aliphatic heterocycles. The zero-order valence-corrected chi connectivity index (χ0v) is 17.1. The average molecular weight is 383 g/mol. The van der Waals surface area contributed by atoms with E-state index in [2.05, 4.69) is 23.5 Å². The number of hydrogen-bond donors (Lipinski definition) is 0. The minimum absolute atomic E-state index is 0.826. The van der Waals surface area contributed by atoms with Crippen LogP contribution in [0.2, 0.25) is 0 Å². The topological polar surface area (TPSA) is 18.5 Å². The summed E-state index contributed by atoms with van der Waals surface area (Å²) in [6.07, 6.45) is 7.38. The lowest BCUT2D eigenvalue weighted by Gasteiger charge is -2.04. The number of rotatable bonds is 17. The van der Waals surface area contributed by atoms with Crippen molar-refractivity contribution in [3.05, 3.63) is 24.7 Å². The van der Waals surface area contributed by atoms with E-state index in [1.54, 1.807) is 12.5 Å². The molecule has 0 amide bonds. The Balaban J connectivity index is 2.97. The summed E-state index contributed by atoms with van der Waals surface area (Å²) in [6.45, 7) is 5.60. The SMILES string of the molecule is CC=COCCSCCSCCSCCSCCOC=CC. The van der Waals surface area contributed by atoms with Crippen molar-refractivity contribution in [2.24, 2.45) is 0 Å². The Morgan fingerprint density at radius 3 is 1.18 bits per heavy atom. The van der Waals surface area contributed by atoms with Gasteiger partial charge in [0.2, 0.25) is 0 Å². The van der Waals surface area contributed by atoms with Crippen LogP contribution in [0.3, 0.4) is 0 Å². The van der Waals surface area contributed by atoms with E-state index in [9.17, 15) is 0 Å². The molecule has 0 saturated carbocycles. The Bertz CT molecular complexity index is 235. The van der Waals surface area contributed by atoms with Gasteiger partial charge in [-0.25, -0.2) is 0 Å². The molecule has 22 heavy (non-hydrogen) atoms. The fourth-order valence-electron chi connectivity index (χ4n) is 1.30. The molecule has 0 fully saturated rings. The molecule has 130 valence electrons. The molecular formula is C16H30O2S4. The molecule has 0 aromatic carbocycles. The summed E-state index contributed by atoms with van der Waals surface area (Å²) in [6, 6.07) is 0. The largest absolute Gasteiger partial charge is 0.501 e. The first-order chi connectivity index (χ1) is 10.9. The van der Waals surface area contributed by atoms with E-state index in [4.69, 9.17) is 9.47 Å². The van der Waals surface area contributed by atoms with E-state index in [0.29, 0.717) is 0 Å². The van der Waals surface area contributed by atoms with Crippen molar-refractivity contribution >= 4 is 47.0 Å². The third-order valence-electron chi connectivity index (χ3n) is 2.27. The lowest BCUT2D eigenvalue weighted by molar-refractivity contribution is 0.272. The summed E-state index contributed by atoms with van der Waals surface area (Å²) in [7, 11) is 0. The van der Waals surface area contributed by atoms with Crippen LogP contribution in [0.25, 0.3) is 0 Å². The highest BCUT2D eigenvalue weighted by molar-refractivity contribution is 8.05. The first-order valence-electron chi connectivity index (χ1n) is 7.68. The van der Waals surface area contributed by atoms with Crippen molar-refractivity contribution in [2.75, 3.05) is 59.2 Å². The Kier molecular flexibility index (Phi) is 21.9. The van der Waals surface area contributed by atoms with Crippen LogP contribution in [0, 0.1) is 0 Å². The molecule has 0 spiro atoms. The number of thioether (sulfide) groups is 4. The molecule has 0 aliphatic carbocycles. The Hall–Kier alpha value is 0.480. The first kappa shape index (κ1) is 22.5. The van der Waals surface area contributed by atoms with E-state index in [1.165, 1.54) is 34.5 Å². The lowest BCUT2D eigenvalue weighted by atomic mass is 10.7. The van der Waals surface area contributed by atoms with Crippen molar-refractivity contribution in [1.29, 1.82) is 0 Å². The van der Waals surface area contributed by atoms with Crippen LogP contribution < -0.4 is 0 Å². The molecule has 0 aliphatic rings. The molecule has 6 heteroatoms.